The summed E-state index contributed by atoms with van der Waals surface area (Å²) in [6.07, 6.45) is 1.77. The van der Waals surface area contributed by atoms with E-state index in [-0.39, 0.29) is 5.41 Å². The molecule has 1 N–H and O–H groups in total. The van der Waals surface area contributed by atoms with Gasteiger partial charge in [-0.1, -0.05) is 50.2 Å². The van der Waals surface area contributed by atoms with Gasteiger partial charge < -0.3 is 10.1 Å². The number of ether oxygens (including phenoxy) is 1. The summed E-state index contributed by atoms with van der Waals surface area (Å²) >= 11 is 0. The zero-order valence-corrected chi connectivity index (χ0v) is 13.1. The van der Waals surface area contributed by atoms with Gasteiger partial charge in [0.25, 0.3) is 0 Å². The van der Waals surface area contributed by atoms with Crippen LogP contribution in [0.3, 0.4) is 0 Å². The highest BCUT2D eigenvalue weighted by Gasteiger charge is 2.19. The summed E-state index contributed by atoms with van der Waals surface area (Å²) in [5, 5.41) is 3.49. The molecule has 0 radical (unpaired) electrons. The van der Waals surface area contributed by atoms with Gasteiger partial charge in [0.15, 0.2) is 0 Å². The van der Waals surface area contributed by atoms with Crippen LogP contribution in [0, 0.1) is 12.3 Å². The van der Waals surface area contributed by atoms with Gasteiger partial charge >= 0.3 is 0 Å². The number of benzene rings is 1. The van der Waals surface area contributed by atoms with Gasteiger partial charge in [-0.05, 0) is 18.6 Å². The van der Waals surface area contributed by atoms with E-state index in [1.54, 1.807) is 6.20 Å². The zero-order valence-electron chi connectivity index (χ0n) is 13.1. The number of rotatable bonds is 7. The molecule has 0 aliphatic rings. The van der Waals surface area contributed by atoms with Gasteiger partial charge in [-0.25, -0.2) is 4.98 Å². The predicted molar refractivity (Wildman–Crippen MR) is 86.4 cm³/mol. The van der Waals surface area contributed by atoms with Crippen LogP contribution in [0.4, 0.5) is 0 Å². The van der Waals surface area contributed by atoms with Crippen LogP contribution in [-0.4, -0.2) is 18.1 Å². The average Bonchev–Trinajstić information content (AvgIpc) is 2.47. The van der Waals surface area contributed by atoms with Crippen LogP contribution in [0.1, 0.15) is 25.0 Å². The maximum absolute atomic E-state index is 5.85. The third-order valence-electron chi connectivity index (χ3n) is 3.34. The predicted octanol–water partition coefficient (Wildman–Crippen LogP) is 3.58. The number of aryl methyl sites for hydroxylation is 1. The molecular weight excluding hydrogens is 260 g/mol. The maximum atomic E-state index is 5.85. The first-order valence-corrected chi connectivity index (χ1v) is 7.36. The molecule has 1 aromatic carbocycles. The highest BCUT2D eigenvalue weighted by atomic mass is 16.5. The normalized spacial score (nSPS) is 11.4. The Kier molecular flexibility index (Phi) is 5.34. The Balaban J connectivity index is 1.78. The number of hydrogen-bond acceptors (Lipinski definition) is 3. The van der Waals surface area contributed by atoms with E-state index < -0.39 is 0 Å². The molecule has 0 amide bonds. The second kappa shape index (κ2) is 7.23. The second-order valence-electron chi connectivity index (χ2n) is 6.17. The van der Waals surface area contributed by atoms with Crippen molar-refractivity contribution in [3.8, 4) is 5.88 Å². The van der Waals surface area contributed by atoms with Gasteiger partial charge in [0, 0.05) is 30.3 Å². The Morgan fingerprint density at radius 3 is 2.57 bits per heavy atom. The summed E-state index contributed by atoms with van der Waals surface area (Å²) in [5.41, 5.74) is 2.43. The molecule has 1 aromatic heterocycles. The third-order valence-corrected chi connectivity index (χ3v) is 3.34. The first-order chi connectivity index (χ1) is 10.1. The van der Waals surface area contributed by atoms with Crippen molar-refractivity contribution in [2.45, 2.75) is 27.3 Å². The first kappa shape index (κ1) is 15.5. The van der Waals surface area contributed by atoms with E-state index >= 15 is 0 Å². The van der Waals surface area contributed by atoms with E-state index in [1.807, 2.05) is 25.1 Å². The molecule has 2 aromatic rings. The molecule has 1 heterocycles. The molecule has 0 atom stereocenters. The molecule has 0 saturated heterocycles. The molecule has 0 aliphatic carbocycles. The topological polar surface area (TPSA) is 34.1 Å². The van der Waals surface area contributed by atoms with Crippen molar-refractivity contribution in [3.63, 3.8) is 0 Å². The second-order valence-corrected chi connectivity index (χ2v) is 6.17. The van der Waals surface area contributed by atoms with Crippen LogP contribution < -0.4 is 10.1 Å². The lowest BCUT2D eigenvalue weighted by molar-refractivity contribution is 0.169. The van der Waals surface area contributed by atoms with E-state index in [4.69, 9.17) is 4.74 Å². The molecule has 0 saturated carbocycles. The summed E-state index contributed by atoms with van der Waals surface area (Å²) in [7, 11) is 0. The molecule has 3 nitrogen and oxygen atoms in total. The van der Waals surface area contributed by atoms with Gasteiger partial charge in [-0.3, -0.25) is 0 Å². The fourth-order valence-electron chi connectivity index (χ4n) is 2.08. The van der Waals surface area contributed by atoms with E-state index in [0.717, 1.165) is 24.5 Å². The van der Waals surface area contributed by atoms with Crippen molar-refractivity contribution < 1.29 is 4.74 Å². The lowest BCUT2D eigenvalue weighted by Gasteiger charge is -2.25. The standard InChI is InChI=1S/C18H24N2O/c1-15-8-7-11-20-17(15)21-14-18(2,3)13-19-12-16-9-5-4-6-10-16/h4-11,19H,12-14H2,1-3H3. The first-order valence-electron chi connectivity index (χ1n) is 7.36. The number of hydrogen-bond donors (Lipinski definition) is 1. The van der Waals surface area contributed by atoms with E-state index in [2.05, 4.69) is 48.4 Å². The minimum Gasteiger partial charge on any atom is -0.477 e. The molecule has 0 fully saturated rings. The van der Waals surface area contributed by atoms with Gasteiger partial charge in [-0.2, -0.15) is 0 Å². The summed E-state index contributed by atoms with van der Waals surface area (Å²) in [6, 6.07) is 14.4. The van der Waals surface area contributed by atoms with E-state index in [9.17, 15) is 0 Å². The zero-order chi connectivity index (χ0) is 15.1. The van der Waals surface area contributed by atoms with Crippen LogP contribution in [0.2, 0.25) is 0 Å². The molecule has 2 rings (SSSR count). The molecule has 21 heavy (non-hydrogen) atoms. The summed E-state index contributed by atoms with van der Waals surface area (Å²) in [5.74, 6) is 0.730. The molecule has 0 unspecified atom stereocenters. The average molecular weight is 284 g/mol. The Bertz CT molecular complexity index is 552. The van der Waals surface area contributed by atoms with Crippen molar-refractivity contribution in [3.05, 3.63) is 59.8 Å². The van der Waals surface area contributed by atoms with Gasteiger partial charge in [0.2, 0.25) is 5.88 Å². The fraction of sp³-hybridized carbons (Fsp3) is 0.389. The number of pyridine rings is 1. The van der Waals surface area contributed by atoms with E-state index in [0.29, 0.717) is 6.61 Å². The highest BCUT2D eigenvalue weighted by Crippen LogP contribution is 2.19. The lowest BCUT2D eigenvalue weighted by Crippen LogP contribution is -2.34. The Morgan fingerprint density at radius 2 is 1.86 bits per heavy atom. The molecule has 3 heteroatoms. The van der Waals surface area contributed by atoms with Crippen molar-refractivity contribution in [2.24, 2.45) is 5.41 Å². The lowest BCUT2D eigenvalue weighted by atomic mass is 9.95. The molecular formula is C18H24N2O. The van der Waals surface area contributed by atoms with Crippen molar-refractivity contribution in [1.29, 1.82) is 0 Å². The van der Waals surface area contributed by atoms with Crippen LogP contribution in [0.5, 0.6) is 5.88 Å². The molecule has 0 bridgehead atoms. The number of aromatic nitrogens is 1. The van der Waals surface area contributed by atoms with Crippen molar-refractivity contribution in [2.75, 3.05) is 13.2 Å². The number of nitrogens with zero attached hydrogens (tertiary/aromatic N) is 1. The summed E-state index contributed by atoms with van der Waals surface area (Å²) < 4.78 is 5.85. The molecule has 112 valence electrons. The quantitative estimate of drug-likeness (QED) is 0.843. The Morgan fingerprint density at radius 1 is 1.10 bits per heavy atom. The van der Waals surface area contributed by atoms with E-state index in [1.165, 1.54) is 5.56 Å². The van der Waals surface area contributed by atoms with Crippen LogP contribution in [-0.2, 0) is 6.54 Å². The molecule has 0 aliphatic heterocycles. The Labute approximate surface area is 127 Å². The van der Waals surface area contributed by atoms with Crippen LogP contribution in [0.25, 0.3) is 0 Å². The monoisotopic (exact) mass is 284 g/mol. The van der Waals surface area contributed by atoms with Crippen molar-refractivity contribution in [1.82, 2.24) is 10.3 Å². The largest absolute Gasteiger partial charge is 0.477 e. The summed E-state index contributed by atoms with van der Waals surface area (Å²) in [6.45, 7) is 8.84. The maximum Gasteiger partial charge on any atom is 0.216 e. The third kappa shape index (κ3) is 5.20. The SMILES string of the molecule is Cc1cccnc1OCC(C)(C)CNCc1ccccc1. The van der Waals surface area contributed by atoms with Crippen LogP contribution >= 0.6 is 0 Å². The van der Waals surface area contributed by atoms with Gasteiger partial charge in [-0.15, -0.1) is 0 Å². The summed E-state index contributed by atoms with van der Waals surface area (Å²) in [4.78, 5) is 4.27. The molecule has 0 spiro atoms. The number of nitrogens with one attached hydrogen (secondary N) is 1. The minimum absolute atomic E-state index is 0.0543. The van der Waals surface area contributed by atoms with Crippen LogP contribution in [0.15, 0.2) is 48.7 Å². The minimum atomic E-state index is 0.0543. The van der Waals surface area contributed by atoms with Gasteiger partial charge in [0.05, 0.1) is 6.61 Å². The van der Waals surface area contributed by atoms with Crippen molar-refractivity contribution >= 4 is 0 Å². The Hall–Kier alpha value is -1.87. The highest BCUT2D eigenvalue weighted by molar-refractivity contribution is 5.23. The fourth-order valence-corrected chi connectivity index (χ4v) is 2.08. The smallest absolute Gasteiger partial charge is 0.216 e. The van der Waals surface area contributed by atoms with Gasteiger partial charge in [0.1, 0.15) is 0 Å².